The minimum Gasteiger partial charge on any atom is -0.468 e. The molecule has 2 aromatic carbocycles. The lowest BCUT2D eigenvalue weighted by Crippen LogP contribution is -2.31. The molecule has 0 spiro atoms. The number of furan rings is 1. The number of halogens is 1. The topological polar surface area (TPSA) is 93.4 Å². The molecule has 0 aliphatic heterocycles. The Morgan fingerprint density at radius 3 is 2.11 bits per heavy atom. The molecule has 0 aliphatic rings. The second kappa shape index (κ2) is 7.97. The molecule has 1 aromatic heterocycles. The average molecular weight is 470 g/mol. The molecule has 6 nitrogen and oxygen atoms in total. The van der Waals surface area contributed by atoms with Crippen molar-refractivity contribution in [1.82, 2.24) is 4.72 Å². The number of sulfonamides is 1. The summed E-state index contributed by atoms with van der Waals surface area (Å²) in [5.74, 6) is 0.164. The first kappa shape index (κ1) is 19.8. The maximum absolute atomic E-state index is 13.0. The summed E-state index contributed by atoms with van der Waals surface area (Å²) in [7, 11) is -7.75. The molecule has 27 heavy (non-hydrogen) atoms. The van der Waals surface area contributed by atoms with Crippen molar-refractivity contribution < 1.29 is 21.3 Å². The molecule has 0 radical (unpaired) electrons. The molecule has 3 rings (SSSR count). The molecule has 0 amide bonds. The summed E-state index contributed by atoms with van der Waals surface area (Å²) in [5.41, 5.74) is 0. The smallest absolute Gasteiger partial charge is 0.240 e. The number of rotatable bonds is 7. The van der Waals surface area contributed by atoms with Crippen molar-refractivity contribution in [3.63, 3.8) is 0 Å². The van der Waals surface area contributed by atoms with Crippen molar-refractivity contribution in [2.24, 2.45) is 0 Å². The number of benzene rings is 2. The normalized spacial score (nSPS) is 13.4. The van der Waals surface area contributed by atoms with Crippen LogP contribution >= 0.6 is 15.9 Å². The Hall–Kier alpha value is -1.94. The van der Waals surface area contributed by atoms with Crippen LogP contribution < -0.4 is 4.72 Å². The Morgan fingerprint density at radius 2 is 1.52 bits per heavy atom. The summed E-state index contributed by atoms with van der Waals surface area (Å²) in [4.78, 5) is 0.134. The lowest BCUT2D eigenvalue weighted by atomic mass is 10.3. The van der Waals surface area contributed by atoms with Crippen LogP contribution in [0.3, 0.4) is 0 Å². The van der Waals surface area contributed by atoms with Gasteiger partial charge in [-0.25, -0.2) is 21.6 Å². The van der Waals surface area contributed by atoms with Gasteiger partial charge in [-0.3, -0.25) is 0 Å². The monoisotopic (exact) mass is 469 g/mol. The molecular weight excluding hydrogens is 454 g/mol. The predicted octanol–water partition coefficient (Wildman–Crippen LogP) is 3.54. The first-order valence-electron chi connectivity index (χ1n) is 7.88. The van der Waals surface area contributed by atoms with E-state index in [4.69, 9.17) is 4.42 Å². The van der Waals surface area contributed by atoms with Crippen molar-refractivity contribution in [1.29, 1.82) is 0 Å². The minimum atomic E-state index is -3.88. The summed E-state index contributed by atoms with van der Waals surface area (Å²) in [6.45, 7) is -0.358. The molecule has 142 valence electrons. The Morgan fingerprint density at radius 1 is 0.852 bits per heavy atom. The van der Waals surface area contributed by atoms with E-state index in [9.17, 15) is 16.8 Å². The number of nitrogens with one attached hydrogen (secondary N) is 1. The molecular formula is C18H16BrNO5S2. The standard InChI is InChI=1S/C18H16BrNO5S2/c19-14-8-10-16(11-9-14)27(23,24)20-13-18(17-7-4-12-25-17)26(21,22)15-5-2-1-3-6-15/h1-12,18,20H,13H2. The zero-order chi connectivity index (χ0) is 19.5. The van der Waals surface area contributed by atoms with Crippen LogP contribution in [0.15, 0.2) is 91.7 Å². The van der Waals surface area contributed by atoms with Crippen molar-refractivity contribution in [2.45, 2.75) is 15.0 Å². The van der Waals surface area contributed by atoms with Gasteiger partial charge in [0, 0.05) is 11.0 Å². The van der Waals surface area contributed by atoms with Crippen molar-refractivity contribution in [3.05, 3.63) is 83.2 Å². The van der Waals surface area contributed by atoms with E-state index in [1.807, 2.05) is 0 Å². The molecule has 0 bridgehead atoms. The highest BCUT2D eigenvalue weighted by Gasteiger charge is 2.32. The van der Waals surface area contributed by atoms with Gasteiger partial charge in [0.15, 0.2) is 9.84 Å². The van der Waals surface area contributed by atoms with E-state index in [1.54, 1.807) is 36.4 Å². The van der Waals surface area contributed by atoms with Crippen LogP contribution in [0.25, 0.3) is 0 Å². The third-order valence-corrected chi connectivity index (χ3v) is 7.93. The Bertz CT molecular complexity index is 1090. The van der Waals surface area contributed by atoms with Gasteiger partial charge in [-0.05, 0) is 48.5 Å². The van der Waals surface area contributed by atoms with E-state index < -0.39 is 25.1 Å². The third-order valence-electron chi connectivity index (χ3n) is 3.89. The summed E-state index contributed by atoms with van der Waals surface area (Å²) < 4.78 is 59.5. The number of sulfone groups is 1. The number of hydrogen-bond acceptors (Lipinski definition) is 5. The second-order valence-corrected chi connectivity index (χ2v) is 10.5. The molecule has 3 aromatic rings. The Labute approximate surface area is 166 Å². The van der Waals surface area contributed by atoms with E-state index >= 15 is 0 Å². The Balaban J connectivity index is 1.91. The van der Waals surface area contributed by atoms with Crippen molar-refractivity contribution in [3.8, 4) is 0 Å². The zero-order valence-corrected chi connectivity index (χ0v) is 17.2. The van der Waals surface area contributed by atoms with Gasteiger partial charge in [-0.1, -0.05) is 34.1 Å². The fourth-order valence-electron chi connectivity index (χ4n) is 2.49. The first-order chi connectivity index (χ1) is 12.8. The highest BCUT2D eigenvalue weighted by molar-refractivity contribution is 9.10. The van der Waals surface area contributed by atoms with Crippen LogP contribution in [0, 0.1) is 0 Å². The van der Waals surface area contributed by atoms with Crippen LogP contribution in [0.1, 0.15) is 11.0 Å². The third kappa shape index (κ3) is 4.49. The molecule has 0 saturated heterocycles. The van der Waals surface area contributed by atoms with E-state index in [-0.39, 0.29) is 22.1 Å². The molecule has 1 unspecified atom stereocenters. The fraction of sp³-hybridized carbons (Fsp3) is 0.111. The molecule has 0 fully saturated rings. The van der Waals surface area contributed by atoms with Gasteiger partial charge < -0.3 is 4.42 Å². The minimum absolute atomic E-state index is 0.0426. The highest BCUT2D eigenvalue weighted by Crippen LogP contribution is 2.29. The van der Waals surface area contributed by atoms with Crippen LogP contribution in [-0.4, -0.2) is 23.4 Å². The lowest BCUT2D eigenvalue weighted by molar-refractivity contribution is 0.486. The number of hydrogen-bond donors (Lipinski definition) is 1. The summed E-state index contributed by atoms with van der Waals surface area (Å²) in [6.07, 6.45) is 1.35. The summed E-state index contributed by atoms with van der Waals surface area (Å²) >= 11 is 3.25. The molecule has 0 aliphatic carbocycles. The van der Waals surface area contributed by atoms with Crippen molar-refractivity contribution in [2.75, 3.05) is 6.54 Å². The van der Waals surface area contributed by atoms with Gasteiger partial charge in [-0.15, -0.1) is 0 Å². The van der Waals surface area contributed by atoms with Gasteiger partial charge >= 0.3 is 0 Å². The van der Waals surface area contributed by atoms with Gasteiger partial charge in [0.2, 0.25) is 10.0 Å². The fourth-order valence-corrected chi connectivity index (χ4v) is 5.52. The van der Waals surface area contributed by atoms with Gasteiger partial charge in [0.05, 0.1) is 16.1 Å². The molecule has 1 N–H and O–H groups in total. The second-order valence-electron chi connectivity index (χ2n) is 5.67. The molecule has 1 atom stereocenters. The van der Waals surface area contributed by atoms with Gasteiger partial charge in [0.1, 0.15) is 11.0 Å². The zero-order valence-electron chi connectivity index (χ0n) is 13.9. The van der Waals surface area contributed by atoms with Crippen LogP contribution in [0.2, 0.25) is 0 Å². The summed E-state index contributed by atoms with van der Waals surface area (Å²) in [5, 5.41) is -1.19. The van der Waals surface area contributed by atoms with E-state index in [0.717, 1.165) is 4.47 Å². The highest BCUT2D eigenvalue weighted by atomic mass is 79.9. The maximum Gasteiger partial charge on any atom is 0.240 e. The van der Waals surface area contributed by atoms with Gasteiger partial charge in [0.25, 0.3) is 0 Å². The van der Waals surface area contributed by atoms with Gasteiger partial charge in [-0.2, -0.15) is 0 Å². The van der Waals surface area contributed by atoms with E-state index in [0.29, 0.717) is 0 Å². The summed E-state index contributed by atoms with van der Waals surface area (Å²) in [6, 6.07) is 17.0. The lowest BCUT2D eigenvalue weighted by Gasteiger charge is -2.17. The van der Waals surface area contributed by atoms with Crippen LogP contribution in [0.4, 0.5) is 0 Å². The molecule has 9 heteroatoms. The maximum atomic E-state index is 13.0. The van der Waals surface area contributed by atoms with Crippen LogP contribution in [-0.2, 0) is 19.9 Å². The molecule has 1 heterocycles. The van der Waals surface area contributed by atoms with E-state index in [1.165, 1.54) is 36.6 Å². The van der Waals surface area contributed by atoms with Crippen molar-refractivity contribution >= 4 is 35.8 Å². The predicted molar refractivity (Wildman–Crippen MR) is 104 cm³/mol. The SMILES string of the molecule is O=S(=O)(NCC(c1ccco1)S(=O)(=O)c1ccccc1)c1ccc(Br)cc1. The molecule has 0 saturated carbocycles. The van der Waals surface area contributed by atoms with E-state index in [2.05, 4.69) is 20.7 Å². The first-order valence-corrected chi connectivity index (χ1v) is 11.7. The van der Waals surface area contributed by atoms with Crippen LogP contribution in [0.5, 0.6) is 0 Å². The average Bonchev–Trinajstić information content (AvgIpc) is 3.17. The largest absolute Gasteiger partial charge is 0.468 e. The Kier molecular flexibility index (Phi) is 5.85. The quantitative estimate of drug-likeness (QED) is 0.570.